The van der Waals surface area contributed by atoms with E-state index in [4.69, 9.17) is 4.74 Å². The highest BCUT2D eigenvalue weighted by atomic mass is 16.5. The van der Waals surface area contributed by atoms with E-state index in [-0.39, 0.29) is 17.7 Å². The molecule has 1 heterocycles. The molecular formula is C20H27N3O3. The number of likely N-dealkylation sites (N-methyl/N-ethyl adjacent to an activating group) is 1. The first-order chi connectivity index (χ1) is 12.5. The molecule has 1 aromatic carbocycles. The van der Waals surface area contributed by atoms with Gasteiger partial charge in [-0.15, -0.1) is 0 Å². The van der Waals surface area contributed by atoms with Gasteiger partial charge in [0.15, 0.2) is 5.78 Å². The topological polar surface area (TPSA) is 74.4 Å². The van der Waals surface area contributed by atoms with E-state index in [2.05, 4.69) is 29.0 Å². The monoisotopic (exact) mass is 357 g/mol. The Morgan fingerprint density at radius 2 is 1.96 bits per heavy atom. The molecule has 0 bridgehead atoms. The fourth-order valence-electron chi connectivity index (χ4n) is 2.98. The maximum Gasteiger partial charge on any atom is 0.267 e. The van der Waals surface area contributed by atoms with Crippen molar-refractivity contribution >= 4 is 11.7 Å². The molecular weight excluding hydrogens is 330 g/mol. The number of amides is 1. The first-order valence-electron chi connectivity index (χ1n) is 8.85. The van der Waals surface area contributed by atoms with Gasteiger partial charge in [0, 0.05) is 18.3 Å². The van der Waals surface area contributed by atoms with Crippen LogP contribution < -0.4 is 10.1 Å². The van der Waals surface area contributed by atoms with E-state index < -0.39 is 0 Å². The van der Waals surface area contributed by atoms with Gasteiger partial charge < -0.3 is 15.0 Å². The van der Waals surface area contributed by atoms with Crippen molar-refractivity contribution in [3.63, 3.8) is 0 Å². The second kappa shape index (κ2) is 9.20. The van der Waals surface area contributed by atoms with Crippen molar-refractivity contribution in [1.29, 1.82) is 0 Å². The summed E-state index contributed by atoms with van der Waals surface area (Å²) in [6.07, 6.45) is 1.56. The number of carbonyl (C=O) groups is 2. The minimum atomic E-state index is -0.224. The fourth-order valence-corrected chi connectivity index (χ4v) is 2.98. The molecule has 0 fully saturated rings. The van der Waals surface area contributed by atoms with Crippen LogP contribution in [-0.4, -0.2) is 48.3 Å². The molecule has 140 valence electrons. The molecule has 0 aliphatic heterocycles. The molecule has 2 aromatic rings. The SMILES string of the molecule is CCN(CC)C(CNC(=O)c1cc(C(C)=O)c[nH]1)c1cccc(OC)c1. The van der Waals surface area contributed by atoms with Crippen molar-refractivity contribution in [3.8, 4) is 5.75 Å². The Kier molecular flexibility index (Phi) is 6.97. The standard InChI is InChI=1S/C20H27N3O3/c1-5-23(6-2)19(15-8-7-9-17(10-15)26-4)13-22-20(25)18-11-16(12-21-18)14(3)24/h7-12,19,21H,5-6,13H2,1-4H3,(H,22,25). The molecule has 1 atom stereocenters. The minimum Gasteiger partial charge on any atom is -0.497 e. The Balaban J connectivity index is 2.15. The summed E-state index contributed by atoms with van der Waals surface area (Å²) in [6, 6.07) is 9.51. The van der Waals surface area contributed by atoms with E-state index in [1.165, 1.54) is 6.92 Å². The predicted molar refractivity (Wildman–Crippen MR) is 102 cm³/mol. The maximum atomic E-state index is 12.4. The van der Waals surface area contributed by atoms with Gasteiger partial charge >= 0.3 is 0 Å². The molecule has 0 aliphatic rings. The van der Waals surface area contributed by atoms with Crippen molar-refractivity contribution < 1.29 is 14.3 Å². The van der Waals surface area contributed by atoms with Crippen molar-refractivity contribution in [2.24, 2.45) is 0 Å². The van der Waals surface area contributed by atoms with Gasteiger partial charge in [-0.05, 0) is 43.8 Å². The van der Waals surface area contributed by atoms with Crippen molar-refractivity contribution in [2.45, 2.75) is 26.8 Å². The second-order valence-corrected chi connectivity index (χ2v) is 6.08. The van der Waals surface area contributed by atoms with E-state index in [9.17, 15) is 9.59 Å². The zero-order valence-electron chi connectivity index (χ0n) is 15.8. The summed E-state index contributed by atoms with van der Waals surface area (Å²) < 4.78 is 5.33. The predicted octanol–water partition coefficient (Wildman–Crippen LogP) is 3.04. The number of rotatable bonds is 9. The quantitative estimate of drug-likeness (QED) is 0.677. The van der Waals surface area contributed by atoms with Crippen molar-refractivity contribution in [3.05, 3.63) is 53.3 Å². The smallest absolute Gasteiger partial charge is 0.267 e. The molecule has 1 unspecified atom stereocenters. The maximum absolute atomic E-state index is 12.4. The lowest BCUT2D eigenvalue weighted by atomic mass is 10.0. The molecule has 0 spiro atoms. The number of nitrogens with zero attached hydrogens (tertiary/aromatic N) is 1. The second-order valence-electron chi connectivity index (χ2n) is 6.08. The van der Waals surface area contributed by atoms with Crippen molar-refractivity contribution in [1.82, 2.24) is 15.2 Å². The first kappa shape index (κ1) is 19.7. The number of hydrogen-bond donors (Lipinski definition) is 2. The molecule has 2 rings (SSSR count). The van der Waals surface area contributed by atoms with E-state index in [0.717, 1.165) is 24.4 Å². The highest BCUT2D eigenvalue weighted by Crippen LogP contribution is 2.24. The fraction of sp³-hybridized carbons (Fsp3) is 0.400. The molecule has 0 saturated carbocycles. The summed E-state index contributed by atoms with van der Waals surface area (Å²) >= 11 is 0. The van der Waals surface area contributed by atoms with E-state index in [0.29, 0.717) is 17.8 Å². The molecule has 2 N–H and O–H groups in total. The number of H-pyrrole nitrogens is 1. The number of nitrogens with one attached hydrogen (secondary N) is 2. The third-order valence-electron chi connectivity index (χ3n) is 4.52. The zero-order chi connectivity index (χ0) is 19.1. The van der Waals surface area contributed by atoms with Gasteiger partial charge in [-0.2, -0.15) is 0 Å². The Bertz CT molecular complexity index is 750. The van der Waals surface area contributed by atoms with Crippen LogP contribution in [0.4, 0.5) is 0 Å². The Morgan fingerprint density at radius 1 is 1.23 bits per heavy atom. The molecule has 0 saturated heterocycles. The number of hydrogen-bond acceptors (Lipinski definition) is 4. The van der Waals surface area contributed by atoms with Gasteiger partial charge in [0.2, 0.25) is 0 Å². The summed E-state index contributed by atoms with van der Waals surface area (Å²) in [7, 11) is 1.64. The highest BCUT2D eigenvalue weighted by Gasteiger charge is 2.20. The number of ether oxygens (including phenoxy) is 1. The Labute approximate surface area is 154 Å². The number of ketones is 1. The lowest BCUT2D eigenvalue weighted by Crippen LogP contribution is -2.38. The lowest BCUT2D eigenvalue weighted by Gasteiger charge is -2.30. The first-order valence-corrected chi connectivity index (χ1v) is 8.85. The van der Waals surface area contributed by atoms with Crippen LogP contribution in [0.15, 0.2) is 36.5 Å². The summed E-state index contributed by atoms with van der Waals surface area (Å²) in [5, 5.41) is 2.97. The molecule has 0 aliphatic carbocycles. The van der Waals surface area contributed by atoms with E-state index >= 15 is 0 Å². The number of aromatic nitrogens is 1. The van der Waals surface area contributed by atoms with Gasteiger partial charge in [0.05, 0.1) is 13.2 Å². The van der Waals surface area contributed by atoms with Gasteiger partial charge in [-0.25, -0.2) is 0 Å². The average molecular weight is 357 g/mol. The molecule has 26 heavy (non-hydrogen) atoms. The summed E-state index contributed by atoms with van der Waals surface area (Å²) in [6.45, 7) is 7.87. The number of Topliss-reactive ketones (excluding diaryl/α,β-unsaturated/α-hetero) is 1. The molecule has 6 nitrogen and oxygen atoms in total. The lowest BCUT2D eigenvalue weighted by molar-refractivity contribution is 0.0930. The number of aromatic amines is 1. The minimum absolute atomic E-state index is 0.0336. The zero-order valence-corrected chi connectivity index (χ0v) is 15.8. The average Bonchev–Trinajstić information content (AvgIpc) is 3.15. The molecule has 0 radical (unpaired) electrons. The van der Waals surface area contributed by atoms with Gasteiger partial charge in [0.1, 0.15) is 11.4 Å². The number of methoxy groups -OCH3 is 1. The van der Waals surface area contributed by atoms with E-state index in [1.54, 1.807) is 19.4 Å². The summed E-state index contributed by atoms with van der Waals surface area (Å²) in [5.41, 5.74) is 1.98. The largest absolute Gasteiger partial charge is 0.497 e. The van der Waals surface area contributed by atoms with Crippen LogP contribution in [0.1, 0.15) is 53.2 Å². The van der Waals surface area contributed by atoms with Crippen LogP contribution in [0.2, 0.25) is 0 Å². The van der Waals surface area contributed by atoms with Crippen LogP contribution in [-0.2, 0) is 0 Å². The van der Waals surface area contributed by atoms with Crippen LogP contribution in [0.5, 0.6) is 5.75 Å². The van der Waals surface area contributed by atoms with Crippen LogP contribution in [0.3, 0.4) is 0 Å². The van der Waals surface area contributed by atoms with Crippen LogP contribution in [0, 0.1) is 0 Å². The third-order valence-corrected chi connectivity index (χ3v) is 4.52. The van der Waals surface area contributed by atoms with Gasteiger partial charge in [0.25, 0.3) is 5.91 Å². The van der Waals surface area contributed by atoms with Gasteiger partial charge in [-0.3, -0.25) is 14.5 Å². The number of carbonyl (C=O) groups excluding carboxylic acids is 2. The van der Waals surface area contributed by atoms with Crippen LogP contribution >= 0.6 is 0 Å². The normalized spacial score (nSPS) is 12.0. The van der Waals surface area contributed by atoms with E-state index in [1.807, 2.05) is 24.3 Å². The number of benzene rings is 1. The van der Waals surface area contributed by atoms with Crippen LogP contribution in [0.25, 0.3) is 0 Å². The summed E-state index contributed by atoms with van der Waals surface area (Å²) in [4.78, 5) is 29.0. The van der Waals surface area contributed by atoms with Gasteiger partial charge in [-0.1, -0.05) is 26.0 Å². The van der Waals surface area contributed by atoms with Crippen molar-refractivity contribution in [2.75, 3.05) is 26.7 Å². The highest BCUT2D eigenvalue weighted by molar-refractivity contribution is 5.99. The molecule has 6 heteroatoms. The molecule has 1 amide bonds. The Morgan fingerprint density at radius 3 is 2.54 bits per heavy atom. The summed E-state index contributed by atoms with van der Waals surface area (Å²) in [5.74, 6) is 0.497. The third kappa shape index (κ3) is 4.73. The molecule has 1 aromatic heterocycles. The Hall–Kier alpha value is -2.60.